The number of para-hydroxylation sites is 1. The highest BCUT2D eigenvalue weighted by Gasteiger charge is 2.45. The second-order valence-corrected chi connectivity index (χ2v) is 11.1. The molecule has 33 heavy (non-hydrogen) atoms. The normalized spacial score (nSPS) is 25.2. The standard InChI is InChI=1S/C22H34N2S.C4H4O4/c1-18(2)19-8-10-20(11-9-19)23-14-12-22(13-15-23)24(16-17-25-22)21-6-4-3-5-7-21;5-3(6)1-2-4(7)8/h3-7,18-20H,8-17H2,1-2H3;1-2H,(H,5,6)(H,7,8)/b;2-1+. The van der Waals surface area contributed by atoms with Gasteiger partial charge >= 0.3 is 11.9 Å². The predicted octanol–water partition coefficient (Wildman–Crippen LogP) is 4.96. The van der Waals surface area contributed by atoms with E-state index in [-0.39, 0.29) is 0 Å². The average Bonchev–Trinajstić information content (AvgIpc) is 3.22. The van der Waals surface area contributed by atoms with Crippen molar-refractivity contribution in [1.82, 2.24) is 4.90 Å². The summed E-state index contributed by atoms with van der Waals surface area (Å²) in [5, 5.41) is 15.6. The lowest BCUT2D eigenvalue weighted by Gasteiger charge is -2.48. The van der Waals surface area contributed by atoms with Crippen molar-refractivity contribution in [3.63, 3.8) is 0 Å². The first-order chi connectivity index (χ1) is 15.8. The van der Waals surface area contributed by atoms with Crippen LogP contribution in [0.4, 0.5) is 5.69 Å². The van der Waals surface area contributed by atoms with E-state index in [0.29, 0.717) is 17.0 Å². The zero-order valence-corrected chi connectivity index (χ0v) is 20.7. The van der Waals surface area contributed by atoms with E-state index >= 15 is 0 Å². The fourth-order valence-corrected chi connectivity index (χ4v) is 6.99. The number of anilines is 1. The number of hydrogen-bond acceptors (Lipinski definition) is 5. The lowest BCUT2D eigenvalue weighted by molar-refractivity contribution is -0.134. The largest absolute Gasteiger partial charge is 0.478 e. The molecule has 1 aliphatic carbocycles. The van der Waals surface area contributed by atoms with Gasteiger partial charge in [-0.15, -0.1) is 11.8 Å². The van der Waals surface area contributed by atoms with E-state index in [0.717, 1.165) is 17.9 Å². The Balaban J connectivity index is 0.000000331. The third-order valence-electron chi connectivity index (χ3n) is 7.39. The monoisotopic (exact) mass is 474 g/mol. The Bertz CT molecular complexity index is 782. The fourth-order valence-electron chi connectivity index (χ4n) is 5.51. The predicted molar refractivity (Wildman–Crippen MR) is 135 cm³/mol. The number of piperidine rings is 1. The summed E-state index contributed by atoms with van der Waals surface area (Å²) >= 11 is 2.22. The molecule has 7 heteroatoms. The lowest BCUT2D eigenvalue weighted by atomic mass is 9.79. The van der Waals surface area contributed by atoms with Crippen LogP contribution in [-0.2, 0) is 9.59 Å². The molecule has 1 saturated carbocycles. The quantitative estimate of drug-likeness (QED) is 0.584. The summed E-state index contributed by atoms with van der Waals surface area (Å²) in [6.07, 6.45) is 9.55. The van der Waals surface area contributed by atoms with Gasteiger partial charge in [-0.05, 0) is 62.5 Å². The topological polar surface area (TPSA) is 81.1 Å². The van der Waals surface area contributed by atoms with Crippen LogP contribution in [0.15, 0.2) is 42.5 Å². The second kappa shape index (κ2) is 11.9. The molecule has 0 atom stereocenters. The highest BCUT2D eigenvalue weighted by molar-refractivity contribution is 8.01. The smallest absolute Gasteiger partial charge is 0.328 e. The number of carboxylic acids is 2. The van der Waals surface area contributed by atoms with E-state index in [9.17, 15) is 9.59 Å². The molecule has 1 aromatic rings. The zero-order chi connectivity index (χ0) is 23.8. The number of aliphatic carboxylic acids is 2. The van der Waals surface area contributed by atoms with Crippen LogP contribution in [0.3, 0.4) is 0 Å². The van der Waals surface area contributed by atoms with Crippen LogP contribution in [0.1, 0.15) is 52.4 Å². The average molecular weight is 475 g/mol. The minimum absolute atomic E-state index is 0.368. The van der Waals surface area contributed by atoms with Crippen molar-refractivity contribution in [1.29, 1.82) is 0 Å². The van der Waals surface area contributed by atoms with Gasteiger partial charge in [-0.3, -0.25) is 0 Å². The summed E-state index contributed by atoms with van der Waals surface area (Å²) in [5.74, 6) is 0.625. The number of nitrogens with zero attached hydrogens (tertiary/aromatic N) is 2. The summed E-state index contributed by atoms with van der Waals surface area (Å²) in [5.41, 5.74) is 1.43. The Kier molecular flexibility index (Phi) is 9.27. The van der Waals surface area contributed by atoms with E-state index in [1.54, 1.807) is 0 Å². The molecule has 2 aliphatic heterocycles. The second-order valence-electron chi connectivity index (χ2n) is 9.64. The fraction of sp³-hybridized carbons (Fsp3) is 0.615. The first-order valence-electron chi connectivity index (χ1n) is 12.2. The van der Waals surface area contributed by atoms with Gasteiger partial charge in [0.25, 0.3) is 0 Å². The van der Waals surface area contributed by atoms with Crippen molar-refractivity contribution >= 4 is 29.4 Å². The number of hydrogen-bond donors (Lipinski definition) is 2. The Morgan fingerprint density at radius 1 is 0.970 bits per heavy atom. The number of likely N-dealkylation sites (tertiary alicyclic amines) is 1. The van der Waals surface area contributed by atoms with Crippen molar-refractivity contribution in [2.75, 3.05) is 30.3 Å². The highest BCUT2D eigenvalue weighted by atomic mass is 32.2. The minimum atomic E-state index is -1.26. The third-order valence-corrected chi connectivity index (χ3v) is 8.95. The molecule has 182 valence electrons. The molecule has 4 rings (SSSR count). The van der Waals surface area contributed by atoms with Crippen molar-refractivity contribution in [2.24, 2.45) is 11.8 Å². The number of rotatable bonds is 5. The number of benzene rings is 1. The van der Waals surface area contributed by atoms with Crippen molar-refractivity contribution in [2.45, 2.75) is 63.3 Å². The van der Waals surface area contributed by atoms with Crippen molar-refractivity contribution in [3.8, 4) is 0 Å². The van der Waals surface area contributed by atoms with Crippen LogP contribution in [0.5, 0.6) is 0 Å². The van der Waals surface area contributed by atoms with E-state index in [1.807, 2.05) is 0 Å². The molecule has 0 amide bonds. The number of thioether (sulfide) groups is 1. The first kappa shape index (κ1) is 25.6. The lowest BCUT2D eigenvalue weighted by Crippen LogP contribution is -2.53. The molecule has 0 unspecified atom stereocenters. The molecule has 2 heterocycles. The summed E-state index contributed by atoms with van der Waals surface area (Å²) in [6.45, 7) is 8.63. The molecular weight excluding hydrogens is 436 g/mol. The zero-order valence-electron chi connectivity index (χ0n) is 19.9. The number of carboxylic acid groups (broad SMARTS) is 2. The van der Waals surface area contributed by atoms with Gasteiger partial charge in [0, 0.05) is 49.3 Å². The Hall–Kier alpha value is -1.99. The van der Waals surface area contributed by atoms with E-state index in [4.69, 9.17) is 10.2 Å². The van der Waals surface area contributed by atoms with Gasteiger partial charge in [-0.25, -0.2) is 9.59 Å². The first-order valence-corrected chi connectivity index (χ1v) is 13.1. The molecule has 6 nitrogen and oxygen atoms in total. The molecule has 1 spiro atoms. The molecule has 3 aliphatic rings. The van der Waals surface area contributed by atoms with Gasteiger partial charge in [-0.2, -0.15) is 0 Å². The maximum atomic E-state index is 9.55. The van der Waals surface area contributed by atoms with E-state index in [2.05, 4.69) is 65.7 Å². The third kappa shape index (κ3) is 7.00. The summed E-state index contributed by atoms with van der Waals surface area (Å²) < 4.78 is 0. The van der Waals surface area contributed by atoms with E-state index in [1.165, 1.54) is 69.6 Å². The maximum Gasteiger partial charge on any atom is 0.328 e. The summed E-state index contributed by atoms with van der Waals surface area (Å²) in [4.78, 5) is 25.0. The van der Waals surface area contributed by atoms with Crippen LogP contribution >= 0.6 is 11.8 Å². The molecule has 1 aromatic carbocycles. The van der Waals surface area contributed by atoms with Crippen molar-refractivity contribution in [3.05, 3.63) is 42.5 Å². The van der Waals surface area contributed by atoms with Crippen molar-refractivity contribution < 1.29 is 19.8 Å². The van der Waals surface area contributed by atoms with Gasteiger partial charge in [0.05, 0.1) is 4.87 Å². The van der Waals surface area contributed by atoms with E-state index < -0.39 is 11.9 Å². The molecular formula is C26H38N2O4S. The van der Waals surface area contributed by atoms with Gasteiger partial charge in [-0.1, -0.05) is 32.0 Å². The highest BCUT2D eigenvalue weighted by Crippen LogP contribution is 2.47. The molecule has 2 saturated heterocycles. The Morgan fingerprint density at radius 2 is 1.55 bits per heavy atom. The SMILES string of the molecule is CC(C)C1CCC(N2CCC3(CC2)SCCN3c2ccccc2)CC1.O=C(O)/C=C/C(=O)O. The molecule has 2 N–H and O–H groups in total. The van der Waals surface area contributed by atoms with Gasteiger partial charge < -0.3 is 20.0 Å². The minimum Gasteiger partial charge on any atom is -0.478 e. The molecule has 0 radical (unpaired) electrons. The Labute approximate surface area is 202 Å². The molecule has 0 bridgehead atoms. The van der Waals surface area contributed by atoms with Crippen LogP contribution < -0.4 is 4.90 Å². The maximum absolute atomic E-state index is 9.55. The van der Waals surface area contributed by atoms with Crippen LogP contribution in [0.2, 0.25) is 0 Å². The summed E-state index contributed by atoms with van der Waals surface area (Å²) in [7, 11) is 0. The Morgan fingerprint density at radius 3 is 2.06 bits per heavy atom. The van der Waals surface area contributed by atoms with Crippen LogP contribution in [0, 0.1) is 11.8 Å². The van der Waals surface area contributed by atoms with Gasteiger partial charge in [0.15, 0.2) is 0 Å². The summed E-state index contributed by atoms with van der Waals surface area (Å²) in [6, 6.07) is 12.0. The van der Waals surface area contributed by atoms with Crippen LogP contribution in [0.25, 0.3) is 0 Å². The van der Waals surface area contributed by atoms with Gasteiger partial charge in [0.1, 0.15) is 0 Å². The number of carbonyl (C=O) groups is 2. The molecule has 0 aromatic heterocycles. The van der Waals surface area contributed by atoms with Crippen LogP contribution in [-0.4, -0.2) is 63.4 Å². The molecule has 3 fully saturated rings. The van der Waals surface area contributed by atoms with Gasteiger partial charge in [0.2, 0.25) is 0 Å².